The van der Waals surface area contributed by atoms with Crippen molar-refractivity contribution in [3.63, 3.8) is 0 Å². The number of benzene rings is 1. The number of amides is 1. The van der Waals surface area contributed by atoms with Crippen LogP contribution in [0.25, 0.3) is 0 Å². The van der Waals surface area contributed by atoms with Gasteiger partial charge in [-0.3, -0.25) is 9.63 Å². The van der Waals surface area contributed by atoms with Crippen LogP contribution in [0.15, 0.2) is 18.3 Å². The average molecular weight is 385 g/mol. The van der Waals surface area contributed by atoms with Gasteiger partial charge in [0.05, 0.1) is 24.1 Å². The van der Waals surface area contributed by atoms with Gasteiger partial charge < -0.3 is 15.5 Å². The molecule has 0 spiro atoms. The zero-order valence-corrected chi connectivity index (χ0v) is 13.5. The molecule has 0 unspecified atom stereocenters. The molecule has 4 N–H and O–H groups in total. The zero-order valence-electron chi connectivity index (χ0n) is 13.5. The van der Waals surface area contributed by atoms with Crippen molar-refractivity contribution in [2.75, 3.05) is 18.5 Å². The van der Waals surface area contributed by atoms with Crippen molar-refractivity contribution < 1.29 is 37.4 Å². The molecular formula is C15H12BF4N3O4. The fourth-order valence-electron chi connectivity index (χ4n) is 1.89. The normalized spacial score (nSPS) is 11.9. The van der Waals surface area contributed by atoms with E-state index in [-0.39, 0.29) is 11.3 Å². The van der Waals surface area contributed by atoms with Crippen LogP contribution in [0.4, 0.5) is 29.1 Å². The predicted molar refractivity (Wildman–Crippen MR) is 85.7 cm³/mol. The molecule has 0 bridgehead atoms. The van der Waals surface area contributed by atoms with Crippen molar-refractivity contribution in [1.82, 2.24) is 10.5 Å². The van der Waals surface area contributed by atoms with Crippen molar-refractivity contribution in [1.29, 1.82) is 0 Å². The number of nitrogens with one attached hydrogen (secondary N) is 2. The molecule has 0 aliphatic rings. The second-order valence-corrected chi connectivity index (χ2v) is 5.20. The van der Waals surface area contributed by atoms with Crippen molar-refractivity contribution in [2.45, 2.75) is 6.10 Å². The third kappa shape index (κ3) is 4.93. The second kappa shape index (κ2) is 8.80. The minimum Gasteiger partial charge on any atom is -0.394 e. The van der Waals surface area contributed by atoms with Gasteiger partial charge in [0, 0.05) is 0 Å². The lowest BCUT2D eigenvalue weighted by molar-refractivity contribution is -0.0295. The van der Waals surface area contributed by atoms with Crippen molar-refractivity contribution in [2.24, 2.45) is 0 Å². The fourth-order valence-corrected chi connectivity index (χ4v) is 1.89. The van der Waals surface area contributed by atoms with E-state index in [2.05, 4.69) is 15.1 Å². The lowest BCUT2D eigenvalue weighted by atomic mass is 9.96. The Morgan fingerprint density at radius 3 is 2.59 bits per heavy atom. The molecule has 1 aromatic carbocycles. The Hall–Kier alpha value is -2.70. The third-order valence-electron chi connectivity index (χ3n) is 3.19. The Bertz CT molecular complexity index is 856. The summed E-state index contributed by atoms with van der Waals surface area (Å²) in [5.41, 5.74) is -0.0705. The van der Waals surface area contributed by atoms with E-state index in [0.717, 1.165) is 12.3 Å². The number of carbonyl (C=O) groups excluding carboxylic acids is 1. The number of pyridine rings is 1. The van der Waals surface area contributed by atoms with Crippen LogP contribution in [0, 0.1) is 23.3 Å². The van der Waals surface area contributed by atoms with Crippen LogP contribution in [0.1, 0.15) is 10.4 Å². The van der Waals surface area contributed by atoms with E-state index in [1.807, 2.05) is 0 Å². The largest absolute Gasteiger partial charge is 0.394 e. The van der Waals surface area contributed by atoms with Gasteiger partial charge in [0.2, 0.25) is 0 Å². The summed E-state index contributed by atoms with van der Waals surface area (Å²) in [7, 11) is 5.51. The first-order chi connectivity index (χ1) is 12.7. The maximum atomic E-state index is 14.2. The molecule has 7 nitrogen and oxygen atoms in total. The number of aliphatic hydroxyl groups excluding tert-OH is 2. The number of aromatic nitrogens is 1. The molecule has 0 saturated carbocycles. The highest BCUT2D eigenvalue weighted by Gasteiger charge is 2.24. The van der Waals surface area contributed by atoms with Crippen LogP contribution in [0.3, 0.4) is 0 Å². The molecule has 1 aromatic heterocycles. The summed E-state index contributed by atoms with van der Waals surface area (Å²) < 4.78 is 54.3. The van der Waals surface area contributed by atoms with Crippen LogP contribution in [0.2, 0.25) is 0 Å². The van der Waals surface area contributed by atoms with E-state index in [1.54, 1.807) is 5.48 Å². The highest BCUT2D eigenvalue weighted by Crippen LogP contribution is 2.27. The summed E-state index contributed by atoms with van der Waals surface area (Å²) in [6.45, 7) is -1.18. The monoisotopic (exact) mass is 385 g/mol. The zero-order chi connectivity index (χ0) is 20.1. The molecule has 1 amide bonds. The summed E-state index contributed by atoms with van der Waals surface area (Å²) in [4.78, 5) is 20.2. The molecule has 0 aliphatic heterocycles. The van der Waals surface area contributed by atoms with Crippen LogP contribution >= 0.6 is 0 Å². The maximum absolute atomic E-state index is 14.2. The standard InChI is InChI=1S/C15H12BF4N3O4/c16-9-1-6(17)3-21-14(9)22-13-8(2-10(18)11(19)12(13)20)15(26)23-27-5-7(25)4-24/h1-3,7,24-25H,4-5H2,(H,21,22)(H,23,26)/t7-/m1/s1. The number of carbonyl (C=O) groups is 1. The quantitative estimate of drug-likeness (QED) is 0.235. The Labute approximate surface area is 151 Å². The molecule has 0 saturated heterocycles. The number of aliphatic hydroxyl groups is 2. The van der Waals surface area contributed by atoms with E-state index < -0.39 is 59.7 Å². The minimum absolute atomic E-state index is 0.284. The summed E-state index contributed by atoms with van der Waals surface area (Å²) >= 11 is 0. The molecular weight excluding hydrogens is 373 g/mol. The first kappa shape index (κ1) is 20.6. The Kier molecular flexibility index (Phi) is 6.72. The maximum Gasteiger partial charge on any atom is 0.277 e. The Morgan fingerprint density at radius 1 is 1.26 bits per heavy atom. The summed E-state index contributed by atoms with van der Waals surface area (Å²) in [5, 5.41) is 19.9. The molecule has 2 aromatic rings. The van der Waals surface area contributed by atoms with E-state index >= 15 is 0 Å². The van der Waals surface area contributed by atoms with Gasteiger partial charge in [-0.2, -0.15) is 0 Å². The molecule has 12 heteroatoms. The smallest absolute Gasteiger partial charge is 0.277 e. The summed E-state index contributed by atoms with van der Waals surface area (Å²) in [6.07, 6.45) is -0.580. The molecule has 0 fully saturated rings. The van der Waals surface area contributed by atoms with Gasteiger partial charge in [-0.1, -0.05) is 5.46 Å². The summed E-state index contributed by atoms with van der Waals surface area (Å²) in [6, 6.07) is 1.23. The van der Waals surface area contributed by atoms with Gasteiger partial charge >= 0.3 is 0 Å². The first-order valence-electron chi connectivity index (χ1n) is 7.31. The van der Waals surface area contributed by atoms with Crippen molar-refractivity contribution in [3.8, 4) is 0 Å². The van der Waals surface area contributed by atoms with Crippen LogP contribution in [-0.4, -0.2) is 48.3 Å². The van der Waals surface area contributed by atoms with Crippen molar-refractivity contribution in [3.05, 3.63) is 47.2 Å². The number of hydroxylamine groups is 1. The topological polar surface area (TPSA) is 104 Å². The highest BCUT2D eigenvalue weighted by molar-refractivity contribution is 6.35. The number of hydrogen-bond acceptors (Lipinski definition) is 6. The number of hydrogen-bond donors (Lipinski definition) is 4. The number of halogens is 4. The molecule has 1 atom stereocenters. The lowest BCUT2D eigenvalue weighted by Gasteiger charge is -2.15. The number of nitrogens with zero attached hydrogens (tertiary/aromatic N) is 1. The molecule has 27 heavy (non-hydrogen) atoms. The van der Waals surface area contributed by atoms with Gasteiger partial charge in [-0.25, -0.2) is 28.0 Å². The van der Waals surface area contributed by atoms with Crippen LogP contribution in [0.5, 0.6) is 0 Å². The molecule has 2 radical (unpaired) electrons. The average Bonchev–Trinajstić information content (AvgIpc) is 2.63. The molecule has 1 heterocycles. The van der Waals surface area contributed by atoms with E-state index in [1.165, 1.54) is 0 Å². The van der Waals surface area contributed by atoms with E-state index in [0.29, 0.717) is 6.07 Å². The third-order valence-corrected chi connectivity index (χ3v) is 3.19. The van der Waals surface area contributed by atoms with Gasteiger partial charge in [0.25, 0.3) is 5.91 Å². The number of rotatable bonds is 7. The van der Waals surface area contributed by atoms with Crippen molar-refractivity contribution >= 4 is 30.7 Å². The van der Waals surface area contributed by atoms with Gasteiger partial charge in [-0.15, -0.1) is 0 Å². The highest BCUT2D eigenvalue weighted by atomic mass is 19.2. The Morgan fingerprint density at radius 2 is 1.96 bits per heavy atom. The minimum atomic E-state index is -1.87. The predicted octanol–water partition coefficient (Wildman–Crippen LogP) is 0.190. The van der Waals surface area contributed by atoms with Crippen LogP contribution < -0.4 is 16.3 Å². The van der Waals surface area contributed by atoms with E-state index in [9.17, 15) is 22.4 Å². The first-order valence-corrected chi connectivity index (χ1v) is 7.31. The Balaban J connectivity index is 2.34. The summed E-state index contributed by atoms with van der Waals surface area (Å²) in [5.74, 6) is -7.59. The van der Waals surface area contributed by atoms with Crippen LogP contribution in [-0.2, 0) is 4.84 Å². The second-order valence-electron chi connectivity index (χ2n) is 5.20. The lowest BCUT2D eigenvalue weighted by Crippen LogP contribution is -2.30. The molecule has 142 valence electrons. The molecule has 2 rings (SSSR count). The SMILES string of the molecule is [B]c1cc(F)cnc1Nc1c(C(=O)NOC[C@H](O)CO)cc(F)c(F)c1F. The fraction of sp³-hybridized carbons (Fsp3) is 0.200. The molecule has 0 aliphatic carbocycles. The van der Waals surface area contributed by atoms with Gasteiger partial charge in [0.15, 0.2) is 17.5 Å². The van der Waals surface area contributed by atoms with E-state index in [4.69, 9.17) is 18.1 Å². The number of anilines is 2. The van der Waals surface area contributed by atoms with Gasteiger partial charge in [-0.05, 0) is 12.1 Å². The van der Waals surface area contributed by atoms with Gasteiger partial charge in [0.1, 0.15) is 32.2 Å².